The Kier molecular flexibility index (Phi) is 3.49. The maximum Gasteiger partial charge on any atom is 0.0668 e. The van der Waals surface area contributed by atoms with Gasteiger partial charge in [0.15, 0.2) is 0 Å². The van der Waals surface area contributed by atoms with E-state index in [1.165, 1.54) is 43.6 Å². The smallest absolute Gasteiger partial charge is 0.0668 e. The molecule has 0 aliphatic carbocycles. The molecule has 2 aliphatic heterocycles. The monoisotopic (exact) mass is 264 g/mol. The summed E-state index contributed by atoms with van der Waals surface area (Å²) < 4.78 is 0. The van der Waals surface area contributed by atoms with Gasteiger partial charge in [-0.15, -0.1) is 0 Å². The number of rotatable bonds is 1. The second-order valence-corrected chi connectivity index (χ2v) is 5.92. The third-order valence-corrected chi connectivity index (χ3v) is 4.84. The molecule has 1 aromatic rings. The van der Waals surface area contributed by atoms with Gasteiger partial charge in [0, 0.05) is 25.7 Å². The lowest BCUT2D eigenvalue weighted by Crippen LogP contribution is -2.55. The van der Waals surface area contributed by atoms with E-state index in [0.29, 0.717) is 0 Å². The van der Waals surface area contributed by atoms with E-state index < -0.39 is 0 Å². The fraction of sp³-hybridized carbons (Fsp3) is 0.600. The summed E-state index contributed by atoms with van der Waals surface area (Å²) in [5, 5.41) is 0.932. The van der Waals surface area contributed by atoms with E-state index in [1.54, 1.807) is 0 Å². The summed E-state index contributed by atoms with van der Waals surface area (Å²) in [6.07, 6.45) is 4.11. The molecule has 0 amide bonds. The largest absolute Gasteiger partial charge is 0.367 e. The van der Waals surface area contributed by atoms with Gasteiger partial charge in [0.2, 0.25) is 0 Å². The Morgan fingerprint density at radius 1 is 1.17 bits per heavy atom. The minimum atomic E-state index is 0.740. The van der Waals surface area contributed by atoms with E-state index >= 15 is 0 Å². The second kappa shape index (κ2) is 5.10. The lowest BCUT2D eigenvalue weighted by Gasteiger charge is -2.45. The van der Waals surface area contributed by atoms with E-state index in [1.807, 2.05) is 0 Å². The van der Waals surface area contributed by atoms with E-state index in [2.05, 4.69) is 34.9 Å². The normalized spacial score (nSPS) is 25.0. The summed E-state index contributed by atoms with van der Waals surface area (Å²) >= 11 is 6.45. The maximum absolute atomic E-state index is 6.45. The Bertz CT molecular complexity index is 433. The Morgan fingerprint density at radius 3 is 2.94 bits per heavy atom. The second-order valence-electron chi connectivity index (χ2n) is 5.54. The summed E-state index contributed by atoms with van der Waals surface area (Å²) in [7, 11) is 0. The molecule has 3 rings (SSSR count). The molecule has 98 valence electrons. The lowest BCUT2D eigenvalue weighted by atomic mass is 9.99. The minimum absolute atomic E-state index is 0.740. The number of nitrogens with zero attached hydrogens (tertiary/aromatic N) is 2. The van der Waals surface area contributed by atoms with Crippen molar-refractivity contribution in [2.45, 2.75) is 32.2 Å². The molecule has 18 heavy (non-hydrogen) atoms. The average molecular weight is 265 g/mol. The van der Waals surface area contributed by atoms with Crippen LogP contribution in [0.4, 0.5) is 5.69 Å². The third kappa shape index (κ3) is 2.24. The maximum atomic E-state index is 6.45. The molecular weight excluding hydrogens is 244 g/mol. The van der Waals surface area contributed by atoms with Crippen LogP contribution in [0.25, 0.3) is 0 Å². The van der Waals surface area contributed by atoms with Crippen molar-refractivity contribution in [3.05, 3.63) is 28.8 Å². The molecule has 0 spiro atoms. The Labute approximate surface area is 115 Å². The van der Waals surface area contributed by atoms with Crippen LogP contribution in [0.5, 0.6) is 0 Å². The van der Waals surface area contributed by atoms with Gasteiger partial charge in [0.1, 0.15) is 0 Å². The van der Waals surface area contributed by atoms with Crippen molar-refractivity contribution in [3.8, 4) is 0 Å². The van der Waals surface area contributed by atoms with Crippen LogP contribution in [-0.2, 0) is 0 Å². The third-order valence-electron chi connectivity index (χ3n) is 4.35. The van der Waals surface area contributed by atoms with Gasteiger partial charge in [0.05, 0.1) is 10.7 Å². The van der Waals surface area contributed by atoms with Crippen LogP contribution in [0.15, 0.2) is 18.2 Å². The molecule has 2 heterocycles. The highest BCUT2D eigenvalue weighted by molar-refractivity contribution is 6.34. The number of benzene rings is 1. The van der Waals surface area contributed by atoms with Crippen molar-refractivity contribution >= 4 is 17.3 Å². The zero-order valence-electron chi connectivity index (χ0n) is 11.0. The zero-order valence-corrected chi connectivity index (χ0v) is 11.8. The van der Waals surface area contributed by atoms with Crippen molar-refractivity contribution in [1.82, 2.24) is 4.90 Å². The van der Waals surface area contributed by atoms with Crippen molar-refractivity contribution in [3.63, 3.8) is 0 Å². The molecule has 0 bridgehead atoms. The van der Waals surface area contributed by atoms with Crippen molar-refractivity contribution < 1.29 is 0 Å². The number of fused-ring (bicyclic) bond motifs is 1. The van der Waals surface area contributed by atoms with Gasteiger partial charge in [0.25, 0.3) is 0 Å². The molecule has 0 radical (unpaired) electrons. The number of hydrogen-bond donors (Lipinski definition) is 0. The van der Waals surface area contributed by atoms with Gasteiger partial charge in [-0.05, 0) is 37.9 Å². The van der Waals surface area contributed by atoms with Gasteiger partial charge >= 0.3 is 0 Å². The molecule has 0 saturated carbocycles. The predicted molar refractivity (Wildman–Crippen MR) is 77.6 cm³/mol. The first kappa shape index (κ1) is 12.3. The highest BCUT2D eigenvalue weighted by atomic mass is 35.5. The van der Waals surface area contributed by atoms with Gasteiger partial charge in [-0.1, -0.05) is 30.2 Å². The Hall–Kier alpha value is -0.730. The molecule has 0 aromatic heterocycles. The number of piperazine rings is 1. The molecule has 1 atom stereocenters. The standard InChI is InChI=1S/C15H21ClN2/c1-12-5-4-7-14(15(12)16)18-10-9-17-8-3-2-6-13(17)11-18/h4-5,7,13H,2-3,6,8-11H2,1H3. The van der Waals surface area contributed by atoms with Crippen LogP contribution in [-0.4, -0.2) is 37.1 Å². The first-order valence-electron chi connectivity index (χ1n) is 7.00. The minimum Gasteiger partial charge on any atom is -0.367 e. The molecule has 2 nitrogen and oxygen atoms in total. The van der Waals surface area contributed by atoms with E-state index in [4.69, 9.17) is 11.6 Å². The van der Waals surface area contributed by atoms with E-state index in [0.717, 1.165) is 24.2 Å². The molecule has 3 heteroatoms. The Morgan fingerprint density at radius 2 is 2.06 bits per heavy atom. The first-order valence-corrected chi connectivity index (χ1v) is 7.37. The molecule has 0 N–H and O–H groups in total. The zero-order chi connectivity index (χ0) is 12.5. The van der Waals surface area contributed by atoms with Crippen LogP contribution in [0.3, 0.4) is 0 Å². The van der Waals surface area contributed by atoms with Crippen molar-refractivity contribution in [2.24, 2.45) is 0 Å². The van der Waals surface area contributed by atoms with Crippen LogP contribution in [0.2, 0.25) is 5.02 Å². The fourth-order valence-electron chi connectivity index (χ4n) is 3.25. The van der Waals surface area contributed by atoms with Crippen LogP contribution in [0.1, 0.15) is 24.8 Å². The summed E-state index contributed by atoms with van der Waals surface area (Å²) in [6, 6.07) is 7.10. The van der Waals surface area contributed by atoms with Crippen LogP contribution < -0.4 is 4.90 Å². The fourth-order valence-corrected chi connectivity index (χ4v) is 3.50. The van der Waals surface area contributed by atoms with Gasteiger partial charge in [-0.2, -0.15) is 0 Å². The summed E-state index contributed by atoms with van der Waals surface area (Å²) in [5.74, 6) is 0. The molecule has 2 fully saturated rings. The highest BCUT2D eigenvalue weighted by Gasteiger charge is 2.29. The average Bonchev–Trinajstić information content (AvgIpc) is 2.41. The Balaban J connectivity index is 1.79. The molecule has 1 unspecified atom stereocenters. The van der Waals surface area contributed by atoms with Crippen molar-refractivity contribution in [2.75, 3.05) is 31.1 Å². The number of aryl methyl sites for hydroxylation is 1. The van der Waals surface area contributed by atoms with E-state index in [9.17, 15) is 0 Å². The number of piperidine rings is 1. The summed E-state index contributed by atoms with van der Waals surface area (Å²) in [6.45, 7) is 6.82. The molecule has 1 aromatic carbocycles. The first-order chi connectivity index (χ1) is 8.75. The van der Waals surface area contributed by atoms with Crippen LogP contribution >= 0.6 is 11.6 Å². The van der Waals surface area contributed by atoms with Gasteiger partial charge in [-0.3, -0.25) is 4.90 Å². The molecular formula is C15H21ClN2. The lowest BCUT2D eigenvalue weighted by molar-refractivity contribution is 0.133. The quantitative estimate of drug-likeness (QED) is 0.768. The van der Waals surface area contributed by atoms with Gasteiger partial charge in [-0.25, -0.2) is 0 Å². The van der Waals surface area contributed by atoms with Crippen molar-refractivity contribution in [1.29, 1.82) is 0 Å². The molecule has 2 saturated heterocycles. The highest BCUT2D eigenvalue weighted by Crippen LogP contribution is 2.31. The van der Waals surface area contributed by atoms with E-state index in [-0.39, 0.29) is 0 Å². The predicted octanol–water partition coefficient (Wildman–Crippen LogP) is 3.32. The molecule has 2 aliphatic rings. The number of anilines is 1. The topological polar surface area (TPSA) is 6.48 Å². The summed E-state index contributed by atoms with van der Waals surface area (Å²) in [5.41, 5.74) is 2.40. The summed E-state index contributed by atoms with van der Waals surface area (Å²) in [4.78, 5) is 5.13. The SMILES string of the molecule is Cc1cccc(N2CCN3CCCCC3C2)c1Cl. The number of halogens is 1. The van der Waals surface area contributed by atoms with Crippen LogP contribution in [0, 0.1) is 6.92 Å². The van der Waals surface area contributed by atoms with Gasteiger partial charge < -0.3 is 4.90 Å². The number of hydrogen-bond acceptors (Lipinski definition) is 2.